The number of rotatable bonds is 3. The fraction of sp³-hybridized carbons (Fsp3) is 0.167. The second-order valence-corrected chi connectivity index (χ2v) is 4.13. The van der Waals surface area contributed by atoms with Crippen LogP contribution in [0.4, 0.5) is 30.5 Å². The Morgan fingerprint density at radius 1 is 1.29 bits per heavy atom. The number of nitrogens with zero attached hydrogens (tertiary/aromatic N) is 5. The van der Waals surface area contributed by atoms with E-state index in [4.69, 9.17) is 5.53 Å². The van der Waals surface area contributed by atoms with Gasteiger partial charge in [0.2, 0.25) is 5.95 Å². The molecule has 0 fully saturated rings. The molecular formula is C12H9F3N6. The Balaban J connectivity index is 2.32. The predicted molar refractivity (Wildman–Crippen MR) is 70.3 cm³/mol. The predicted octanol–water partition coefficient (Wildman–Crippen LogP) is 4.49. The summed E-state index contributed by atoms with van der Waals surface area (Å²) in [5.74, 6) is -0.192. The van der Waals surface area contributed by atoms with Crippen molar-refractivity contribution in [3.8, 4) is 0 Å². The van der Waals surface area contributed by atoms with Gasteiger partial charge in [-0.1, -0.05) is 5.11 Å². The van der Waals surface area contributed by atoms with Crippen molar-refractivity contribution in [3.63, 3.8) is 0 Å². The Bertz CT molecular complexity index is 706. The molecule has 1 aromatic heterocycles. The van der Waals surface area contributed by atoms with Gasteiger partial charge in [0, 0.05) is 22.5 Å². The van der Waals surface area contributed by atoms with Crippen LogP contribution in [0.5, 0.6) is 0 Å². The lowest BCUT2D eigenvalue weighted by molar-refractivity contribution is -0.141. The van der Waals surface area contributed by atoms with Gasteiger partial charge in [0.05, 0.1) is 0 Å². The molecule has 21 heavy (non-hydrogen) atoms. The van der Waals surface area contributed by atoms with Gasteiger partial charge in [-0.05, 0) is 42.3 Å². The largest absolute Gasteiger partial charge is 0.433 e. The molecule has 0 aliphatic carbocycles. The first-order chi connectivity index (χ1) is 9.88. The topological polar surface area (TPSA) is 86.6 Å². The fourth-order valence-electron chi connectivity index (χ4n) is 1.65. The molecule has 0 unspecified atom stereocenters. The van der Waals surface area contributed by atoms with Crippen LogP contribution in [-0.4, -0.2) is 9.97 Å². The molecule has 0 spiro atoms. The van der Waals surface area contributed by atoms with Crippen LogP contribution in [0.1, 0.15) is 11.3 Å². The van der Waals surface area contributed by atoms with Crippen LogP contribution in [-0.2, 0) is 6.18 Å². The number of halogens is 3. The molecule has 6 nitrogen and oxygen atoms in total. The molecule has 0 atom stereocenters. The third-order valence-corrected chi connectivity index (χ3v) is 2.42. The molecule has 0 saturated heterocycles. The van der Waals surface area contributed by atoms with Crippen molar-refractivity contribution < 1.29 is 13.2 Å². The van der Waals surface area contributed by atoms with E-state index in [1.165, 1.54) is 6.07 Å². The van der Waals surface area contributed by atoms with Crippen molar-refractivity contribution in [2.45, 2.75) is 13.1 Å². The minimum atomic E-state index is -4.54. The summed E-state index contributed by atoms with van der Waals surface area (Å²) < 4.78 is 37.7. The van der Waals surface area contributed by atoms with Crippen LogP contribution in [0.25, 0.3) is 10.4 Å². The molecule has 0 radical (unpaired) electrons. The van der Waals surface area contributed by atoms with E-state index < -0.39 is 11.9 Å². The lowest BCUT2D eigenvalue weighted by Crippen LogP contribution is -2.10. The van der Waals surface area contributed by atoms with Crippen LogP contribution in [0.2, 0.25) is 0 Å². The molecular weight excluding hydrogens is 285 g/mol. The van der Waals surface area contributed by atoms with Crippen molar-refractivity contribution in [2.75, 3.05) is 5.32 Å². The van der Waals surface area contributed by atoms with Gasteiger partial charge in [0.25, 0.3) is 0 Å². The fourth-order valence-corrected chi connectivity index (χ4v) is 1.65. The van der Waals surface area contributed by atoms with Gasteiger partial charge in [-0.2, -0.15) is 13.2 Å². The molecule has 1 aromatic carbocycles. The molecule has 1 heterocycles. The number of hydrogen-bond acceptors (Lipinski definition) is 4. The average molecular weight is 294 g/mol. The van der Waals surface area contributed by atoms with E-state index in [1.54, 1.807) is 19.1 Å². The Hall–Kier alpha value is -2.80. The summed E-state index contributed by atoms with van der Waals surface area (Å²) in [6, 6.07) is 5.57. The maximum absolute atomic E-state index is 12.6. The van der Waals surface area contributed by atoms with Crippen molar-refractivity contribution in [3.05, 3.63) is 52.2 Å². The molecule has 0 bridgehead atoms. The smallest absolute Gasteiger partial charge is 0.324 e. The number of anilines is 2. The van der Waals surface area contributed by atoms with Crippen molar-refractivity contribution in [2.24, 2.45) is 5.11 Å². The third-order valence-electron chi connectivity index (χ3n) is 2.42. The highest BCUT2D eigenvalue weighted by atomic mass is 19.4. The first kappa shape index (κ1) is 14.6. The number of azide groups is 1. The highest BCUT2D eigenvalue weighted by Gasteiger charge is 2.32. The van der Waals surface area contributed by atoms with Gasteiger partial charge in [-0.15, -0.1) is 0 Å². The van der Waals surface area contributed by atoms with Gasteiger partial charge in [0.1, 0.15) is 5.69 Å². The summed E-state index contributed by atoms with van der Waals surface area (Å²) in [5.41, 5.74) is 8.91. The first-order valence-electron chi connectivity index (χ1n) is 5.72. The van der Waals surface area contributed by atoms with Crippen molar-refractivity contribution in [1.82, 2.24) is 9.97 Å². The van der Waals surface area contributed by atoms with Gasteiger partial charge in [0.15, 0.2) is 0 Å². The highest BCUT2D eigenvalue weighted by Crippen LogP contribution is 2.28. The van der Waals surface area contributed by atoms with Crippen LogP contribution in [0.15, 0.2) is 35.6 Å². The second-order valence-electron chi connectivity index (χ2n) is 4.13. The van der Waals surface area contributed by atoms with Gasteiger partial charge < -0.3 is 5.32 Å². The zero-order chi connectivity index (χ0) is 15.5. The van der Waals surface area contributed by atoms with E-state index in [-0.39, 0.29) is 5.95 Å². The van der Waals surface area contributed by atoms with E-state index in [0.29, 0.717) is 11.4 Å². The molecule has 0 amide bonds. The quantitative estimate of drug-likeness (QED) is 0.514. The van der Waals surface area contributed by atoms with E-state index in [0.717, 1.165) is 17.8 Å². The Labute approximate surface area is 117 Å². The Morgan fingerprint density at radius 2 is 2.05 bits per heavy atom. The molecule has 9 heteroatoms. The summed E-state index contributed by atoms with van der Waals surface area (Å²) in [6.07, 6.45) is -3.52. The van der Waals surface area contributed by atoms with Crippen LogP contribution in [0.3, 0.4) is 0 Å². The minimum Gasteiger partial charge on any atom is -0.324 e. The van der Waals surface area contributed by atoms with Crippen LogP contribution >= 0.6 is 0 Å². The Morgan fingerprint density at radius 3 is 2.71 bits per heavy atom. The number of benzene rings is 1. The standard InChI is InChI=1S/C12H9F3N6/c1-7-4-8(6-9(5-7)20-21-16)18-11-17-3-2-10(19-11)12(13,14)15/h2-6H,1H3,(H,17,18,19). The highest BCUT2D eigenvalue weighted by molar-refractivity contribution is 5.61. The van der Waals surface area contributed by atoms with E-state index >= 15 is 0 Å². The van der Waals surface area contributed by atoms with Gasteiger partial charge in [-0.3, -0.25) is 0 Å². The molecule has 0 aliphatic rings. The zero-order valence-electron chi connectivity index (χ0n) is 10.8. The number of aromatic nitrogens is 2. The summed E-state index contributed by atoms with van der Waals surface area (Å²) in [7, 11) is 0. The molecule has 1 N–H and O–H groups in total. The number of aryl methyl sites for hydroxylation is 1. The van der Waals surface area contributed by atoms with Crippen molar-refractivity contribution in [1.29, 1.82) is 0 Å². The van der Waals surface area contributed by atoms with Gasteiger partial charge >= 0.3 is 6.18 Å². The summed E-state index contributed by atoms with van der Waals surface area (Å²) in [5, 5.41) is 6.10. The Kier molecular flexibility index (Phi) is 3.95. The first-order valence-corrected chi connectivity index (χ1v) is 5.72. The minimum absolute atomic E-state index is 0.192. The third kappa shape index (κ3) is 3.83. The molecule has 0 saturated carbocycles. The molecule has 108 valence electrons. The number of nitrogens with one attached hydrogen (secondary N) is 1. The summed E-state index contributed by atoms with van der Waals surface area (Å²) >= 11 is 0. The average Bonchev–Trinajstić information content (AvgIpc) is 2.37. The normalized spacial score (nSPS) is 10.9. The molecule has 2 rings (SSSR count). The summed E-state index contributed by atoms with van der Waals surface area (Å²) in [4.78, 5) is 9.78. The lowest BCUT2D eigenvalue weighted by atomic mass is 10.2. The number of hydrogen-bond donors (Lipinski definition) is 1. The maximum Gasteiger partial charge on any atom is 0.433 e. The zero-order valence-corrected chi connectivity index (χ0v) is 10.8. The van der Waals surface area contributed by atoms with Crippen molar-refractivity contribution >= 4 is 17.3 Å². The second kappa shape index (κ2) is 5.68. The van der Waals surface area contributed by atoms with Crippen LogP contribution < -0.4 is 5.32 Å². The van der Waals surface area contributed by atoms with Crippen LogP contribution in [0, 0.1) is 6.92 Å². The van der Waals surface area contributed by atoms with Gasteiger partial charge in [-0.25, -0.2) is 9.97 Å². The number of alkyl halides is 3. The van der Waals surface area contributed by atoms with E-state index in [2.05, 4.69) is 25.3 Å². The lowest BCUT2D eigenvalue weighted by Gasteiger charge is -2.09. The SMILES string of the molecule is Cc1cc(N=[N+]=[N-])cc(Nc2nccc(C(F)(F)F)n2)c1. The van der Waals surface area contributed by atoms with E-state index in [1.807, 2.05) is 0 Å². The monoisotopic (exact) mass is 294 g/mol. The molecule has 0 aliphatic heterocycles. The maximum atomic E-state index is 12.6. The summed E-state index contributed by atoms with van der Waals surface area (Å²) in [6.45, 7) is 1.76. The molecule has 2 aromatic rings. The van der Waals surface area contributed by atoms with E-state index in [9.17, 15) is 13.2 Å².